The summed E-state index contributed by atoms with van der Waals surface area (Å²) in [4.78, 5) is 2.17. The van der Waals surface area contributed by atoms with Gasteiger partial charge in [-0.1, -0.05) is 18.2 Å². The van der Waals surface area contributed by atoms with Crippen LogP contribution in [0.2, 0.25) is 0 Å². The Labute approximate surface area is 105 Å². The molecule has 2 rings (SSSR count). The Morgan fingerprint density at radius 1 is 1.33 bits per heavy atom. The number of nitrogens with one attached hydrogen (secondary N) is 1. The molecule has 0 spiro atoms. The van der Waals surface area contributed by atoms with Crippen molar-refractivity contribution in [1.82, 2.24) is 5.32 Å². The van der Waals surface area contributed by atoms with Crippen molar-refractivity contribution < 1.29 is 13.2 Å². The van der Waals surface area contributed by atoms with Crippen LogP contribution in [-0.4, -0.2) is 31.9 Å². The number of anilines is 1. The Morgan fingerprint density at radius 2 is 2.06 bits per heavy atom. The summed E-state index contributed by atoms with van der Waals surface area (Å²) < 4.78 is 36.0. The number of rotatable bonds is 4. The van der Waals surface area contributed by atoms with E-state index in [4.69, 9.17) is 0 Å². The monoisotopic (exact) mass is 258 g/mol. The summed E-state index contributed by atoms with van der Waals surface area (Å²) in [7, 11) is 0. The Balaban J connectivity index is 1.87. The highest BCUT2D eigenvalue weighted by Gasteiger charge is 2.27. The number of hydrogen-bond acceptors (Lipinski definition) is 2. The molecular formula is C13H17F3N2. The molecule has 0 fully saturated rings. The molecule has 1 aromatic rings. The van der Waals surface area contributed by atoms with Crippen LogP contribution in [0.25, 0.3) is 0 Å². The van der Waals surface area contributed by atoms with Crippen molar-refractivity contribution in [3.63, 3.8) is 0 Å². The molecule has 2 nitrogen and oxygen atoms in total. The number of para-hydroxylation sites is 1. The average Bonchev–Trinajstić information content (AvgIpc) is 2.59. The zero-order valence-corrected chi connectivity index (χ0v) is 10.3. The second-order valence-corrected chi connectivity index (χ2v) is 4.67. The molecule has 5 heteroatoms. The topological polar surface area (TPSA) is 15.3 Å². The molecule has 1 aliphatic rings. The van der Waals surface area contributed by atoms with Gasteiger partial charge in [0.25, 0.3) is 0 Å². The maximum atomic E-state index is 12.0. The predicted molar refractivity (Wildman–Crippen MR) is 65.9 cm³/mol. The zero-order valence-electron chi connectivity index (χ0n) is 10.3. The van der Waals surface area contributed by atoms with Crippen LogP contribution in [-0.2, 0) is 6.42 Å². The maximum Gasteiger partial charge on any atom is 0.401 e. The fourth-order valence-electron chi connectivity index (χ4n) is 2.40. The van der Waals surface area contributed by atoms with E-state index in [1.54, 1.807) is 0 Å². The lowest BCUT2D eigenvalue weighted by molar-refractivity contribution is -0.124. The van der Waals surface area contributed by atoms with Crippen LogP contribution >= 0.6 is 0 Å². The summed E-state index contributed by atoms with van der Waals surface area (Å²) in [5.74, 6) is 0. The average molecular weight is 258 g/mol. The van der Waals surface area contributed by atoms with Gasteiger partial charge in [-0.05, 0) is 25.0 Å². The predicted octanol–water partition coefficient (Wildman–Crippen LogP) is 2.59. The summed E-state index contributed by atoms with van der Waals surface area (Å²) in [5.41, 5.74) is 2.43. The molecule has 1 atom stereocenters. The van der Waals surface area contributed by atoms with E-state index in [1.807, 2.05) is 18.2 Å². The number of fused-ring (bicyclic) bond motifs is 1. The summed E-state index contributed by atoms with van der Waals surface area (Å²) in [6.45, 7) is 2.13. The molecule has 1 heterocycles. The summed E-state index contributed by atoms with van der Waals surface area (Å²) >= 11 is 0. The molecule has 0 bridgehead atoms. The zero-order chi connectivity index (χ0) is 13.2. The van der Waals surface area contributed by atoms with E-state index in [1.165, 1.54) is 5.56 Å². The molecule has 18 heavy (non-hydrogen) atoms. The minimum absolute atomic E-state index is 0.345. The van der Waals surface area contributed by atoms with Crippen LogP contribution in [0.4, 0.5) is 18.9 Å². The van der Waals surface area contributed by atoms with Crippen LogP contribution in [0, 0.1) is 0 Å². The van der Waals surface area contributed by atoms with Crippen molar-refractivity contribution in [3.8, 4) is 0 Å². The van der Waals surface area contributed by atoms with Crippen molar-refractivity contribution in [3.05, 3.63) is 29.8 Å². The highest BCUT2D eigenvalue weighted by Crippen LogP contribution is 2.31. The van der Waals surface area contributed by atoms with Gasteiger partial charge in [0.2, 0.25) is 0 Å². The normalized spacial score (nSPS) is 19.1. The maximum absolute atomic E-state index is 12.0. The summed E-state index contributed by atoms with van der Waals surface area (Å²) in [5, 5.41) is 2.44. The van der Waals surface area contributed by atoms with Crippen molar-refractivity contribution in [2.75, 3.05) is 24.5 Å². The molecule has 100 valence electrons. The fourth-order valence-corrected chi connectivity index (χ4v) is 2.40. The van der Waals surface area contributed by atoms with E-state index in [0.717, 1.165) is 12.1 Å². The van der Waals surface area contributed by atoms with E-state index < -0.39 is 12.7 Å². The lowest BCUT2D eigenvalue weighted by Crippen LogP contribution is -2.38. The van der Waals surface area contributed by atoms with Crippen LogP contribution in [0.5, 0.6) is 0 Å². The van der Waals surface area contributed by atoms with Crippen molar-refractivity contribution in [1.29, 1.82) is 0 Å². The highest BCUT2D eigenvalue weighted by molar-refractivity contribution is 5.59. The van der Waals surface area contributed by atoms with E-state index >= 15 is 0 Å². The van der Waals surface area contributed by atoms with Crippen LogP contribution < -0.4 is 10.2 Å². The van der Waals surface area contributed by atoms with Gasteiger partial charge in [-0.25, -0.2) is 0 Å². The summed E-state index contributed by atoms with van der Waals surface area (Å²) in [6.07, 6.45) is -3.16. The quantitative estimate of drug-likeness (QED) is 0.835. The van der Waals surface area contributed by atoms with E-state index in [0.29, 0.717) is 19.1 Å². The number of nitrogens with zero attached hydrogens (tertiary/aromatic N) is 1. The van der Waals surface area contributed by atoms with Gasteiger partial charge in [-0.2, -0.15) is 13.2 Å². The Morgan fingerprint density at radius 3 is 2.78 bits per heavy atom. The van der Waals surface area contributed by atoms with Gasteiger partial charge in [-0.3, -0.25) is 0 Å². The van der Waals surface area contributed by atoms with Gasteiger partial charge < -0.3 is 10.2 Å². The SMILES string of the molecule is CC1Cc2ccccc2N1CCNCC(F)(F)F. The van der Waals surface area contributed by atoms with Gasteiger partial charge in [0.05, 0.1) is 6.54 Å². The molecule has 1 N–H and O–H groups in total. The minimum atomic E-state index is -4.13. The van der Waals surface area contributed by atoms with Crippen LogP contribution in [0.1, 0.15) is 12.5 Å². The third kappa shape index (κ3) is 3.16. The molecule has 0 amide bonds. The van der Waals surface area contributed by atoms with Crippen molar-refractivity contribution in [2.24, 2.45) is 0 Å². The van der Waals surface area contributed by atoms with Crippen LogP contribution in [0.15, 0.2) is 24.3 Å². The number of hydrogen-bond donors (Lipinski definition) is 1. The van der Waals surface area contributed by atoms with Crippen LogP contribution in [0.3, 0.4) is 0 Å². The minimum Gasteiger partial charge on any atom is -0.367 e. The Hall–Kier alpha value is -1.23. The van der Waals surface area contributed by atoms with Gasteiger partial charge >= 0.3 is 6.18 Å². The Bertz CT molecular complexity index is 403. The molecule has 0 saturated carbocycles. The second kappa shape index (κ2) is 5.18. The lowest BCUT2D eigenvalue weighted by Gasteiger charge is -2.25. The molecule has 1 aromatic carbocycles. The standard InChI is InChI=1S/C13H17F3N2/c1-10-8-11-4-2-3-5-12(11)18(10)7-6-17-9-13(14,15)16/h2-5,10,17H,6-9H2,1H3. The van der Waals surface area contributed by atoms with Crippen molar-refractivity contribution in [2.45, 2.75) is 25.6 Å². The van der Waals surface area contributed by atoms with E-state index in [9.17, 15) is 13.2 Å². The third-order valence-electron chi connectivity index (χ3n) is 3.20. The first-order chi connectivity index (χ1) is 8.47. The van der Waals surface area contributed by atoms with Gasteiger partial charge in [0.15, 0.2) is 0 Å². The molecule has 1 aliphatic heterocycles. The molecular weight excluding hydrogens is 241 g/mol. The van der Waals surface area contributed by atoms with Gasteiger partial charge in [0, 0.05) is 24.8 Å². The van der Waals surface area contributed by atoms with E-state index in [2.05, 4.69) is 23.2 Å². The first kappa shape index (κ1) is 13.2. The molecule has 0 aliphatic carbocycles. The Kier molecular flexibility index (Phi) is 3.80. The van der Waals surface area contributed by atoms with Gasteiger partial charge in [0.1, 0.15) is 0 Å². The fraction of sp³-hybridized carbons (Fsp3) is 0.538. The molecule has 1 unspecified atom stereocenters. The first-order valence-electron chi connectivity index (χ1n) is 6.09. The molecule has 0 radical (unpaired) electrons. The smallest absolute Gasteiger partial charge is 0.367 e. The van der Waals surface area contributed by atoms with Crippen molar-refractivity contribution >= 4 is 5.69 Å². The summed E-state index contributed by atoms with van der Waals surface area (Å²) in [6, 6.07) is 8.43. The highest BCUT2D eigenvalue weighted by atomic mass is 19.4. The lowest BCUT2D eigenvalue weighted by atomic mass is 10.1. The largest absolute Gasteiger partial charge is 0.401 e. The third-order valence-corrected chi connectivity index (χ3v) is 3.20. The molecule has 0 aromatic heterocycles. The number of alkyl halides is 3. The molecule has 0 saturated heterocycles. The van der Waals surface area contributed by atoms with E-state index in [-0.39, 0.29) is 0 Å². The number of benzene rings is 1. The van der Waals surface area contributed by atoms with Gasteiger partial charge in [-0.15, -0.1) is 0 Å². The first-order valence-corrected chi connectivity index (χ1v) is 6.09. The second-order valence-electron chi connectivity index (χ2n) is 4.67. The number of halogens is 3.